The van der Waals surface area contributed by atoms with E-state index < -0.39 is 0 Å². The van der Waals surface area contributed by atoms with Crippen molar-refractivity contribution >= 4 is 29.2 Å². The second kappa shape index (κ2) is 3.79. The molecule has 1 saturated carbocycles. The van der Waals surface area contributed by atoms with Crippen LogP contribution in [0.2, 0.25) is 10.0 Å². The van der Waals surface area contributed by atoms with Gasteiger partial charge in [-0.15, -0.1) is 0 Å². The van der Waals surface area contributed by atoms with Gasteiger partial charge in [0, 0.05) is 0 Å². The number of esters is 1. The van der Waals surface area contributed by atoms with Crippen LogP contribution >= 0.6 is 23.2 Å². The smallest absolute Gasteiger partial charge is 0.314 e. The molecule has 0 saturated heterocycles. The van der Waals surface area contributed by atoms with Crippen molar-refractivity contribution in [1.29, 1.82) is 0 Å². The second-order valence-corrected chi connectivity index (χ2v) is 4.03. The molecular formula is C10H8Cl2O2. The van der Waals surface area contributed by atoms with Crippen molar-refractivity contribution in [2.45, 2.75) is 12.8 Å². The molecule has 14 heavy (non-hydrogen) atoms. The Kier molecular flexibility index (Phi) is 2.66. The first-order valence-electron chi connectivity index (χ1n) is 4.34. The Morgan fingerprint density at radius 2 is 2.07 bits per heavy atom. The number of hydrogen-bond acceptors (Lipinski definition) is 2. The van der Waals surface area contributed by atoms with Crippen molar-refractivity contribution in [3.63, 3.8) is 0 Å². The molecule has 0 N–H and O–H groups in total. The molecular weight excluding hydrogens is 223 g/mol. The van der Waals surface area contributed by atoms with Crippen LogP contribution in [-0.2, 0) is 4.79 Å². The monoisotopic (exact) mass is 230 g/mol. The number of carbonyl (C=O) groups excluding carboxylic acids is 1. The van der Waals surface area contributed by atoms with E-state index in [1.165, 1.54) is 0 Å². The lowest BCUT2D eigenvalue weighted by Gasteiger charge is -2.05. The van der Waals surface area contributed by atoms with Crippen molar-refractivity contribution in [2.75, 3.05) is 0 Å². The summed E-state index contributed by atoms with van der Waals surface area (Å²) in [4.78, 5) is 11.3. The van der Waals surface area contributed by atoms with Gasteiger partial charge in [-0.05, 0) is 25.0 Å². The van der Waals surface area contributed by atoms with Crippen LogP contribution in [0.1, 0.15) is 12.8 Å². The summed E-state index contributed by atoms with van der Waals surface area (Å²) in [5.74, 6) is 0.190. The van der Waals surface area contributed by atoms with Crippen molar-refractivity contribution < 1.29 is 9.53 Å². The number of rotatable bonds is 2. The first kappa shape index (κ1) is 9.81. The molecule has 2 nitrogen and oxygen atoms in total. The van der Waals surface area contributed by atoms with Gasteiger partial charge < -0.3 is 4.74 Å². The largest absolute Gasteiger partial charge is 0.425 e. The van der Waals surface area contributed by atoms with Gasteiger partial charge in [0.1, 0.15) is 5.02 Å². The van der Waals surface area contributed by atoms with E-state index in [0.717, 1.165) is 12.8 Å². The van der Waals surface area contributed by atoms with E-state index in [1.807, 2.05) is 0 Å². The van der Waals surface area contributed by atoms with Crippen LogP contribution in [0.3, 0.4) is 0 Å². The zero-order valence-electron chi connectivity index (χ0n) is 7.30. The molecule has 0 bridgehead atoms. The fraction of sp³-hybridized carbons (Fsp3) is 0.300. The van der Waals surface area contributed by atoms with E-state index in [-0.39, 0.29) is 11.9 Å². The minimum absolute atomic E-state index is 0.0602. The normalized spacial score (nSPS) is 15.3. The molecule has 0 atom stereocenters. The predicted molar refractivity (Wildman–Crippen MR) is 54.8 cm³/mol. The molecule has 2 rings (SSSR count). The van der Waals surface area contributed by atoms with Gasteiger partial charge in [0.25, 0.3) is 0 Å². The Hall–Kier alpha value is -0.730. The summed E-state index contributed by atoms with van der Waals surface area (Å²) in [6.45, 7) is 0. The average Bonchev–Trinajstić information content (AvgIpc) is 2.95. The lowest BCUT2D eigenvalue weighted by Crippen LogP contribution is -2.09. The van der Waals surface area contributed by atoms with Gasteiger partial charge in [-0.25, -0.2) is 0 Å². The molecule has 1 aliphatic rings. The zero-order chi connectivity index (χ0) is 10.1. The summed E-state index contributed by atoms with van der Waals surface area (Å²) in [5.41, 5.74) is 0. The third-order valence-corrected chi connectivity index (χ3v) is 2.84. The van der Waals surface area contributed by atoms with Gasteiger partial charge in [0.2, 0.25) is 0 Å². The number of ether oxygens (including phenoxy) is 1. The molecule has 1 aromatic carbocycles. The molecule has 1 aromatic rings. The highest BCUT2D eigenvalue weighted by Gasteiger charge is 2.32. The summed E-state index contributed by atoms with van der Waals surface area (Å²) >= 11 is 11.6. The highest BCUT2D eigenvalue weighted by molar-refractivity contribution is 6.43. The lowest BCUT2D eigenvalue weighted by atomic mass is 10.3. The third-order valence-electron chi connectivity index (χ3n) is 2.04. The molecule has 74 valence electrons. The Bertz CT molecular complexity index is 372. The minimum atomic E-state index is -0.214. The van der Waals surface area contributed by atoms with Crippen LogP contribution in [0.15, 0.2) is 18.2 Å². The number of carbonyl (C=O) groups is 1. The predicted octanol–water partition coefficient (Wildman–Crippen LogP) is 3.31. The molecule has 1 fully saturated rings. The maximum Gasteiger partial charge on any atom is 0.314 e. The minimum Gasteiger partial charge on any atom is -0.425 e. The molecule has 4 heteroatoms. The standard InChI is InChI=1S/C10H8Cl2O2/c11-7-2-1-3-8(9(7)12)14-10(13)6-4-5-6/h1-3,6H,4-5H2. The summed E-state index contributed by atoms with van der Waals surface area (Å²) < 4.78 is 5.09. The molecule has 0 spiro atoms. The highest BCUT2D eigenvalue weighted by atomic mass is 35.5. The molecule has 0 heterocycles. The summed E-state index contributed by atoms with van der Waals surface area (Å²) in [5, 5.41) is 0.691. The zero-order valence-corrected chi connectivity index (χ0v) is 8.81. The summed E-state index contributed by atoms with van der Waals surface area (Å²) in [6, 6.07) is 4.98. The van der Waals surface area contributed by atoms with Crippen LogP contribution in [0, 0.1) is 5.92 Å². The van der Waals surface area contributed by atoms with Crippen molar-refractivity contribution in [2.24, 2.45) is 5.92 Å². The highest BCUT2D eigenvalue weighted by Crippen LogP contribution is 2.35. The second-order valence-electron chi connectivity index (χ2n) is 3.25. The lowest BCUT2D eigenvalue weighted by molar-refractivity contribution is -0.135. The fourth-order valence-corrected chi connectivity index (χ4v) is 1.40. The molecule has 0 aromatic heterocycles. The Morgan fingerprint density at radius 1 is 1.36 bits per heavy atom. The van der Waals surface area contributed by atoms with Gasteiger partial charge in [-0.2, -0.15) is 0 Å². The quantitative estimate of drug-likeness (QED) is 0.576. The van der Waals surface area contributed by atoms with Gasteiger partial charge >= 0.3 is 5.97 Å². The van der Waals surface area contributed by atoms with Crippen molar-refractivity contribution in [1.82, 2.24) is 0 Å². The van der Waals surface area contributed by atoms with Crippen molar-refractivity contribution in [3.05, 3.63) is 28.2 Å². The molecule has 0 aliphatic heterocycles. The average molecular weight is 231 g/mol. The Labute approximate surface area is 91.8 Å². The van der Waals surface area contributed by atoms with Gasteiger partial charge in [0.05, 0.1) is 10.9 Å². The maximum absolute atomic E-state index is 11.3. The molecule has 0 unspecified atom stereocenters. The van der Waals surface area contributed by atoms with E-state index in [2.05, 4.69) is 0 Å². The van der Waals surface area contributed by atoms with E-state index in [4.69, 9.17) is 27.9 Å². The van der Waals surface area contributed by atoms with Crippen LogP contribution < -0.4 is 4.74 Å². The van der Waals surface area contributed by atoms with Crippen LogP contribution in [0.25, 0.3) is 0 Å². The van der Waals surface area contributed by atoms with Gasteiger partial charge in [-0.3, -0.25) is 4.79 Å². The first-order valence-corrected chi connectivity index (χ1v) is 5.10. The number of hydrogen-bond donors (Lipinski definition) is 0. The number of benzene rings is 1. The van der Waals surface area contributed by atoms with Crippen LogP contribution in [0.5, 0.6) is 5.75 Å². The van der Waals surface area contributed by atoms with Gasteiger partial charge in [-0.1, -0.05) is 29.3 Å². The topological polar surface area (TPSA) is 26.3 Å². The molecule has 0 radical (unpaired) electrons. The third kappa shape index (κ3) is 2.02. The van der Waals surface area contributed by atoms with E-state index in [9.17, 15) is 4.79 Å². The molecule has 1 aliphatic carbocycles. The van der Waals surface area contributed by atoms with Crippen molar-refractivity contribution in [3.8, 4) is 5.75 Å². The molecule has 0 amide bonds. The SMILES string of the molecule is O=C(Oc1cccc(Cl)c1Cl)C1CC1. The van der Waals surface area contributed by atoms with Gasteiger partial charge in [0.15, 0.2) is 5.75 Å². The first-order chi connectivity index (χ1) is 6.68. The fourth-order valence-electron chi connectivity index (χ4n) is 1.07. The van der Waals surface area contributed by atoms with E-state index in [1.54, 1.807) is 18.2 Å². The Morgan fingerprint density at radius 3 is 2.71 bits per heavy atom. The van der Waals surface area contributed by atoms with E-state index >= 15 is 0 Å². The number of halogens is 2. The Balaban J connectivity index is 2.15. The van der Waals surface area contributed by atoms with Crippen LogP contribution in [-0.4, -0.2) is 5.97 Å². The summed E-state index contributed by atoms with van der Waals surface area (Å²) in [6.07, 6.45) is 1.83. The maximum atomic E-state index is 11.3. The van der Waals surface area contributed by atoms with E-state index in [0.29, 0.717) is 15.8 Å². The summed E-state index contributed by atoms with van der Waals surface area (Å²) in [7, 11) is 0. The van der Waals surface area contributed by atoms with Crippen LogP contribution in [0.4, 0.5) is 0 Å².